The van der Waals surface area contributed by atoms with Crippen LogP contribution >= 0.6 is 23.2 Å². The second-order valence-corrected chi connectivity index (χ2v) is 7.48. The molecular weight excluding hydrogens is 381 g/mol. The summed E-state index contributed by atoms with van der Waals surface area (Å²) in [5.41, 5.74) is 3.63. The van der Waals surface area contributed by atoms with Crippen molar-refractivity contribution in [3.8, 4) is 17.1 Å². The van der Waals surface area contributed by atoms with Crippen LogP contribution in [0, 0.1) is 0 Å². The summed E-state index contributed by atoms with van der Waals surface area (Å²) in [5, 5.41) is 10.5. The van der Waals surface area contributed by atoms with Gasteiger partial charge in [-0.3, -0.25) is 0 Å². The van der Waals surface area contributed by atoms with Gasteiger partial charge in [0.2, 0.25) is 0 Å². The van der Waals surface area contributed by atoms with Gasteiger partial charge in [-0.25, -0.2) is 4.68 Å². The maximum absolute atomic E-state index is 6.49. The van der Waals surface area contributed by atoms with Gasteiger partial charge in [-0.1, -0.05) is 47.5 Å². The summed E-state index contributed by atoms with van der Waals surface area (Å²) >= 11 is 12.7. The predicted octanol–water partition coefficient (Wildman–Crippen LogP) is 6.34. The van der Waals surface area contributed by atoms with E-state index in [4.69, 9.17) is 32.7 Å². The third kappa shape index (κ3) is 2.80. The lowest BCUT2D eigenvalue weighted by atomic mass is 10.1. The SMILES string of the molecule is Clc1cccc(-n2nc(-c3cc4ccccc4o3)c3c2NCCCC3)c1Cl. The number of halogens is 2. The highest BCUT2D eigenvalue weighted by molar-refractivity contribution is 6.43. The van der Waals surface area contributed by atoms with Crippen LogP contribution in [-0.2, 0) is 6.42 Å². The number of hydrogen-bond acceptors (Lipinski definition) is 3. The largest absolute Gasteiger partial charge is 0.454 e. The fourth-order valence-corrected chi connectivity index (χ4v) is 4.00. The van der Waals surface area contributed by atoms with Gasteiger partial charge in [0.05, 0.1) is 15.7 Å². The Morgan fingerprint density at radius 1 is 1.04 bits per heavy atom. The van der Waals surface area contributed by atoms with E-state index in [-0.39, 0.29) is 0 Å². The van der Waals surface area contributed by atoms with Gasteiger partial charge in [-0.2, -0.15) is 5.10 Å². The Morgan fingerprint density at radius 3 is 2.81 bits per heavy atom. The number of aromatic nitrogens is 2. The Kier molecular flexibility index (Phi) is 4.10. The molecule has 0 spiro atoms. The number of hydrogen-bond donors (Lipinski definition) is 1. The number of anilines is 1. The third-order valence-electron chi connectivity index (χ3n) is 4.95. The van der Waals surface area contributed by atoms with E-state index in [1.165, 1.54) is 0 Å². The first-order valence-corrected chi connectivity index (χ1v) is 9.77. The molecule has 1 aliphatic rings. The average molecular weight is 398 g/mol. The number of rotatable bonds is 2. The van der Waals surface area contributed by atoms with Crippen molar-refractivity contribution in [1.29, 1.82) is 0 Å². The predicted molar refractivity (Wildman–Crippen MR) is 110 cm³/mol. The molecule has 1 aliphatic heterocycles. The van der Waals surface area contributed by atoms with Crippen LogP contribution in [0.15, 0.2) is 52.9 Å². The van der Waals surface area contributed by atoms with Gasteiger partial charge in [0.1, 0.15) is 17.1 Å². The van der Waals surface area contributed by atoms with Crippen molar-refractivity contribution in [3.63, 3.8) is 0 Å². The summed E-state index contributed by atoms with van der Waals surface area (Å²) in [4.78, 5) is 0. The summed E-state index contributed by atoms with van der Waals surface area (Å²) in [6, 6.07) is 15.6. The molecule has 3 heterocycles. The van der Waals surface area contributed by atoms with E-state index >= 15 is 0 Å². The van der Waals surface area contributed by atoms with Gasteiger partial charge >= 0.3 is 0 Å². The van der Waals surface area contributed by atoms with Gasteiger partial charge in [0.15, 0.2) is 5.76 Å². The lowest BCUT2D eigenvalue weighted by Gasteiger charge is -2.11. The molecule has 4 aromatic rings. The van der Waals surface area contributed by atoms with Crippen LogP contribution < -0.4 is 5.32 Å². The molecule has 0 aliphatic carbocycles. The summed E-state index contributed by atoms with van der Waals surface area (Å²) in [5.74, 6) is 1.74. The fourth-order valence-electron chi connectivity index (χ4n) is 3.63. The maximum Gasteiger partial charge on any atom is 0.156 e. The Hall–Kier alpha value is -2.43. The molecule has 27 heavy (non-hydrogen) atoms. The monoisotopic (exact) mass is 397 g/mol. The van der Waals surface area contributed by atoms with Crippen LogP contribution in [0.3, 0.4) is 0 Å². The first-order chi connectivity index (χ1) is 13.2. The second kappa shape index (κ2) is 6.63. The number of furan rings is 1. The van der Waals surface area contributed by atoms with Crippen LogP contribution in [0.1, 0.15) is 18.4 Å². The Labute approximate surface area is 166 Å². The molecule has 136 valence electrons. The molecule has 0 saturated heterocycles. The number of para-hydroxylation sites is 1. The minimum atomic E-state index is 0.492. The highest BCUT2D eigenvalue weighted by atomic mass is 35.5. The van der Waals surface area contributed by atoms with Crippen LogP contribution in [-0.4, -0.2) is 16.3 Å². The number of benzene rings is 2. The lowest BCUT2D eigenvalue weighted by Crippen LogP contribution is -2.07. The van der Waals surface area contributed by atoms with Crippen LogP contribution in [0.25, 0.3) is 28.1 Å². The second-order valence-electron chi connectivity index (χ2n) is 6.69. The topological polar surface area (TPSA) is 43.0 Å². The van der Waals surface area contributed by atoms with Crippen LogP contribution in [0.5, 0.6) is 0 Å². The summed E-state index contributed by atoms with van der Waals surface area (Å²) in [6.07, 6.45) is 3.15. The van der Waals surface area contributed by atoms with Gasteiger partial charge in [-0.15, -0.1) is 0 Å². The number of nitrogens with zero attached hydrogens (tertiary/aromatic N) is 2. The zero-order chi connectivity index (χ0) is 18.4. The van der Waals surface area contributed by atoms with Crippen molar-refractivity contribution in [2.75, 3.05) is 11.9 Å². The Morgan fingerprint density at radius 2 is 1.93 bits per heavy atom. The molecule has 0 atom stereocenters. The molecule has 0 radical (unpaired) electrons. The Balaban J connectivity index is 1.74. The van der Waals surface area contributed by atoms with Gasteiger partial charge in [0, 0.05) is 17.5 Å². The quantitative estimate of drug-likeness (QED) is 0.428. The van der Waals surface area contributed by atoms with Gasteiger partial charge in [-0.05, 0) is 43.5 Å². The summed E-state index contributed by atoms with van der Waals surface area (Å²) in [6.45, 7) is 0.899. The zero-order valence-corrected chi connectivity index (χ0v) is 16.0. The number of fused-ring (bicyclic) bond motifs is 2. The molecule has 2 aromatic heterocycles. The highest BCUT2D eigenvalue weighted by Crippen LogP contribution is 2.38. The third-order valence-corrected chi connectivity index (χ3v) is 5.76. The first-order valence-electron chi connectivity index (χ1n) is 9.01. The van der Waals surface area contributed by atoms with Gasteiger partial charge < -0.3 is 9.73 Å². The van der Waals surface area contributed by atoms with Crippen molar-refractivity contribution < 1.29 is 4.42 Å². The smallest absolute Gasteiger partial charge is 0.156 e. The fraction of sp³-hybridized carbons (Fsp3) is 0.190. The van der Waals surface area contributed by atoms with Crippen LogP contribution in [0.2, 0.25) is 10.0 Å². The van der Waals surface area contributed by atoms with E-state index in [2.05, 4.69) is 5.32 Å². The van der Waals surface area contributed by atoms with Crippen molar-refractivity contribution in [3.05, 3.63) is 64.1 Å². The lowest BCUT2D eigenvalue weighted by molar-refractivity contribution is 0.625. The molecule has 0 fully saturated rings. The summed E-state index contributed by atoms with van der Waals surface area (Å²) in [7, 11) is 0. The van der Waals surface area contributed by atoms with Crippen molar-refractivity contribution >= 4 is 40.0 Å². The molecular formula is C21H17Cl2N3O. The maximum atomic E-state index is 6.49. The van der Waals surface area contributed by atoms with Crippen LogP contribution in [0.4, 0.5) is 5.82 Å². The highest BCUT2D eigenvalue weighted by Gasteiger charge is 2.25. The molecule has 0 saturated carbocycles. The molecule has 0 amide bonds. The molecule has 0 bridgehead atoms. The number of nitrogens with one attached hydrogen (secondary N) is 1. The normalized spacial score (nSPS) is 14.0. The van der Waals surface area contributed by atoms with E-state index in [9.17, 15) is 0 Å². The van der Waals surface area contributed by atoms with Crippen molar-refractivity contribution in [1.82, 2.24) is 9.78 Å². The average Bonchev–Trinajstić information content (AvgIpc) is 3.17. The van der Waals surface area contributed by atoms with E-state index in [0.717, 1.165) is 65.3 Å². The van der Waals surface area contributed by atoms with E-state index < -0.39 is 0 Å². The molecule has 1 N–H and O–H groups in total. The van der Waals surface area contributed by atoms with E-state index in [1.54, 1.807) is 6.07 Å². The van der Waals surface area contributed by atoms with Crippen molar-refractivity contribution in [2.45, 2.75) is 19.3 Å². The molecule has 2 aromatic carbocycles. The molecule has 4 nitrogen and oxygen atoms in total. The minimum absolute atomic E-state index is 0.492. The Bertz CT molecular complexity index is 1110. The van der Waals surface area contributed by atoms with Crippen molar-refractivity contribution in [2.24, 2.45) is 0 Å². The molecule has 5 rings (SSSR count). The zero-order valence-electron chi connectivity index (χ0n) is 14.5. The van der Waals surface area contributed by atoms with Gasteiger partial charge in [0.25, 0.3) is 0 Å². The standard InChI is InChI=1S/C21H17Cl2N3O/c22-15-8-5-9-16(19(15)23)26-21-14(7-3-4-11-24-21)20(25-26)18-12-13-6-1-2-10-17(13)27-18/h1-2,5-6,8-10,12,24H,3-4,7,11H2. The van der Waals surface area contributed by atoms with E-state index in [0.29, 0.717) is 10.0 Å². The first kappa shape index (κ1) is 16.7. The molecule has 0 unspecified atom stereocenters. The summed E-state index contributed by atoms with van der Waals surface area (Å²) < 4.78 is 7.96. The molecule has 6 heteroatoms. The van der Waals surface area contributed by atoms with E-state index in [1.807, 2.05) is 47.1 Å². The minimum Gasteiger partial charge on any atom is -0.454 e.